The van der Waals surface area contributed by atoms with Crippen molar-refractivity contribution in [3.63, 3.8) is 0 Å². The first kappa shape index (κ1) is 10.7. The molecule has 0 aliphatic heterocycles. The minimum Gasteiger partial charge on any atom is -0.481 e. The summed E-state index contributed by atoms with van der Waals surface area (Å²) >= 11 is 3.54. The van der Waals surface area contributed by atoms with Crippen molar-refractivity contribution in [3.05, 3.63) is 33.3 Å². The zero-order valence-corrected chi connectivity index (χ0v) is 10.3. The predicted molar refractivity (Wildman–Crippen MR) is 62.1 cm³/mol. The number of hydrogen-bond donors (Lipinski definition) is 1. The highest BCUT2D eigenvalue weighted by Gasteiger charge is 2.44. The minimum absolute atomic E-state index is 0.168. The van der Waals surface area contributed by atoms with Crippen molar-refractivity contribution < 1.29 is 9.90 Å². The smallest absolute Gasteiger partial charge is 0.307 e. The predicted octanol–water partition coefficient (Wildman–Crippen LogP) is 3.25. The summed E-state index contributed by atoms with van der Waals surface area (Å²) in [5.41, 5.74) is 3.56. The number of carboxylic acid groups (broad SMARTS) is 1. The molecule has 1 aromatic rings. The lowest BCUT2D eigenvalue weighted by atomic mass is 10.0. The van der Waals surface area contributed by atoms with Gasteiger partial charge in [0.25, 0.3) is 0 Å². The van der Waals surface area contributed by atoms with Crippen LogP contribution in [0.5, 0.6) is 0 Å². The number of rotatable bonds is 2. The Labute approximate surface area is 97.4 Å². The minimum atomic E-state index is -0.670. The van der Waals surface area contributed by atoms with Crippen LogP contribution in [0.4, 0.5) is 0 Å². The number of carboxylic acids is 1. The van der Waals surface area contributed by atoms with Gasteiger partial charge in [0, 0.05) is 4.47 Å². The van der Waals surface area contributed by atoms with Gasteiger partial charge in [-0.05, 0) is 42.9 Å². The SMILES string of the molecule is Cc1ccc(C2CC2C(=O)O)c(C)c1Br. The normalized spacial score (nSPS) is 23.9. The van der Waals surface area contributed by atoms with Gasteiger partial charge in [-0.25, -0.2) is 0 Å². The van der Waals surface area contributed by atoms with Gasteiger partial charge < -0.3 is 5.11 Å². The molecule has 1 aromatic carbocycles. The Kier molecular flexibility index (Phi) is 2.59. The number of halogens is 1. The quantitative estimate of drug-likeness (QED) is 0.894. The van der Waals surface area contributed by atoms with E-state index in [0.717, 1.165) is 10.9 Å². The Hall–Kier alpha value is -0.830. The second-order valence-corrected chi connectivity index (χ2v) is 4.99. The number of aliphatic carboxylic acids is 1. The van der Waals surface area contributed by atoms with E-state index < -0.39 is 5.97 Å². The first-order valence-corrected chi connectivity index (χ1v) is 5.80. The topological polar surface area (TPSA) is 37.3 Å². The van der Waals surface area contributed by atoms with Crippen molar-refractivity contribution in [3.8, 4) is 0 Å². The molecule has 2 atom stereocenters. The molecule has 1 aliphatic rings. The second-order valence-electron chi connectivity index (χ2n) is 4.20. The molecule has 0 bridgehead atoms. The number of hydrogen-bond acceptors (Lipinski definition) is 1. The van der Waals surface area contributed by atoms with Crippen LogP contribution in [0.15, 0.2) is 16.6 Å². The molecule has 0 aromatic heterocycles. The van der Waals surface area contributed by atoms with Gasteiger partial charge in [0.1, 0.15) is 0 Å². The summed E-state index contributed by atoms with van der Waals surface area (Å²) in [6.45, 7) is 4.09. The van der Waals surface area contributed by atoms with Crippen molar-refractivity contribution in [2.45, 2.75) is 26.2 Å². The molecule has 2 unspecified atom stereocenters. The fourth-order valence-corrected chi connectivity index (χ4v) is 2.41. The molecule has 80 valence electrons. The maximum atomic E-state index is 10.8. The highest BCUT2D eigenvalue weighted by molar-refractivity contribution is 9.10. The van der Waals surface area contributed by atoms with Gasteiger partial charge in [-0.1, -0.05) is 28.1 Å². The van der Waals surface area contributed by atoms with E-state index in [-0.39, 0.29) is 11.8 Å². The Morgan fingerprint density at radius 1 is 1.47 bits per heavy atom. The van der Waals surface area contributed by atoms with Crippen molar-refractivity contribution in [2.24, 2.45) is 5.92 Å². The van der Waals surface area contributed by atoms with E-state index in [2.05, 4.69) is 22.0 Å². The fraction of sp³-hybridized carbons (Fsp3) is 0.417. The molecule has 2 rings (SSSR count). The molecule has 0 radical (unpaired) electrons. The summed E-state index contributed by atoms with van der Waals surface area (Å²) in [6, 6.07) is 4.10. The van der Waals surface area contributed by atoms with Crippen LogP contribution in [0.25, 0.3) is 0 Å². The van der Waals surface area contributed by atoms with Crippen LogP contribution in [0, 0.1) is 19.8 Å². The van der Waals surface area contributed by atoms with Gasteiger partial charge >= 0.3 is 5.97 Å². The standard InChI is InChI=1S/C12H13BrO2/c1-6-3-4-8(7(2)11(6)13)9-5-10(9)12(14)15/h3-4,9-10H,5H2,1-2H3,(H,14,15). The molecule has 0 amide bonds. The van der Waals surface area contributed by atoms with Crippen LogP contribution in [-0.4, -0.2) is 11.1 Å². The number of carbonyl (C=O) groups is 1. The maximum absolute atomic E-state index is 10.8. The summed E-state index contributed by atoms with van der Waals surface area (Å²) in [6.07, 6.45) is 0.783. The Bertz CT molecular complexity index is 426. The molecule has 1 fully saturated rings. The summed E-state index contributed by atoms with van der Waals surface area (Å²) in [7, 11) is 0. The first-order valence-electron chi connectivity index (χ1n) is 5.00. The maximum Gasteiger partial charge on any atom is 0.307 e. The van der Waals surface area contributed by atoms with Crippen LogP contribution in [-0.2, 0) is 4.79 Å². The molecular formula is C12H13BrO2. The van der Waals surface area contributed by atoms with Gasteiger partial charge in [0.15, 0.2) is 0 Å². The van der Waals surface area contributed by atoms with Gasteiger partial charge in [-0.15, -0.1) is 0 Å². The first-order chi connectivity index (χ1) is 7.02. The molecule has 1 aliphatic carbocycles. The Morgan fingerprint density at radius 3 is 2.67 bits per heavy atom. The van der Waals surface area contributed by atoms with Crippen LogP contribution >= 0.6 is 15.9 Å². The lowest BCUT2D eigenvalue weighted by molar-refractivity contribution is -0.138. The third-order valence-electron chi connectivity index (χ3n) is 3.13. The average molecular weight is 269 g/mol. The second kappa shape index (κ2) is 3.63. The molecule has 0 spiro atoms. The lowest BCUT2D eigenvalue weighted by Gasteiger charge is -2.09. The third-order valence-corrected chi connectivity index (χ3v) is 4.35. The summed E-state index contributed by atoms with van der Waals surface area (Å²) in [5.74, 6) is -0.617. The summed E-state index contributed by atoms with van der Waals surface area (Å²) in [4.78, 5) is 10.8. The van der Waals surface area contributed by atoms with Gasteiger partial charge in [0.2, 0.25) is 0 Å². The van der Waals surface area contributed by atoms with E-state index in [1.165, 1.54) is 16.7 Å². The molecule has 3 heteroatoms. The third kappa shape index (κ3) is 1.81. The van der Waals surface area contributed by atoms with Crippen molar-refractivity contribution in [1.29, 1.82) is 0 Å². The molecule has 0 heterocycles. The van der Waals surface area contributed by atoms with E-state index in [4.69, 9.17) is 5.11 Å². The number of aryl methyl sites for hydroxylation is 1. The highest BCUT2D eigenvalue weighted by Crippen LogP contribution is 2.49. The molecular weight excluding hydrogens is 256 g/mol. The van der Waals surface area contributed by atoms with Crippen LogP contribution in [0.1, 0.15) is 29.0 Å². The van der Waals surface area contributed by atoms with Crippen molar-refractivity contribution in [2.75, 3.05) is 0 Å². The lowest BCUT2D eigenvalue weighted by Crippen LogP contribution is -2.00. The Balaban J connectivity index is 2.32. The molecule has 1 saturated carbocycles. The Morgan fingerprint density at radius 2 is 2.13 bits per heavy atom. The molecule has 2 nitrogen and oxygen atoms in total. The van der Waals surface area contributed by atoms with E-state index >= 15 is 0 Å². The molecule has 0 saturated heterocycles. The largest absolute Gasteiger partial charge is 0.481 e. The van der Waals surface area contributed by atoms with E-state index in [0.29, 0.717) is 0 Å². The fourth-order valence-electron chi connectivity index (χ4n) is 2.05. The van der Waals surface area contributed by atoms with Crippen molar-refractivity contribution >= 4 is 21.9 Å². The summed E-state index contributed by atoms with van der Waals surface area (Å²) in [5, 5.41) is 8.89. The number of benzene rings is 1. The van der Waals surface area contributed by atoms with E-state index in [1.807, 2.05) is 19.9 Å². The van der Waals surface area contributed by atoms with E-state index in [1.54, 1.807) is 0 Å². The van der Waals surface area contributed by atoms with Crippen LogP contribution in [0.3, 0.4) is 0 Å². The highest BCUT2D eigenvalue weighted by atomic mass is 79.9. The monoisotopic (exact) mass is 268 g/mol. The molecule has 15 heavy (non-hydrogen) atoms. The summed E-state index contributed by atoms with van der Waals surface area (Å²) < 4.78 is 1.11. The van der Waals surface area contributed by atoms with Gasteiger partial charge in [0.05, 0.1) is 5.92 Å². The zero-order chi connectivity index (χ0) is 11.2. The van der Waals surface area contributed by atoms with Gasteiger partial charge in [-0.3, -0.25) is 4.79 Å². The zero-order valence-electron chi connectivity index (χ0n) is 8.75. The van der Waals surface area contributed by atoms with Gasteiger partial charge in [-0.2, -0.15) is 0 Å². The molecule has 1 N–H and O–H groups in total. The van der Waals surface area contributed by atoms with Crippen molar-refractivity contribution in [1.82, 2.24) is 0 Å². The van der Waals surface area contributed by atoms with Crippen LogP contribution < -0.4 is 0 Å². The average Bonchev–Trinajstić information content (AvgIpc) is 2.94. The van der Waals surface area contributed by atoms with Crippen LogP contribution in [0.2, 0.25) is 0 Å². The van der Waals surface area contributed by atoms with E-state index in [9.17, 15) is 4.79 Å².